The first-order chi connectivity index (χ1) is 11.7. The summed E-state index contributed by atoms with van der Waals surface area (Å²) in [6.45, 7) is 0.878. The summed E-state index contributed by atoms with van der Waals surface area (Å²) in [5, 5.41) is 22.9. The lowest BCUT2D eigenvalue weighted by atomic mass is 10.1. The normalized spacial score (nSPS) is 27.0. The van der Waals surface area contributed by atoms with Crippen molar-refractivity contribution < 1.29 is 24.1 Å². The lowest BCUT2D eigenvalue weighted by Gasteiger charge is -2.16. The Kier molecular flexibility index (Phi) is 5.24. The van der Waals surface area contributed by atoms with Crippen LogP contribution in [0.25, 0.3) is 11.0 Å². The maximum Gasteiger partial charge on any atom is 0.173 e. The maximum atomic E-state index is 14.3. The van der Waals surface area contributed by atoms with Crippen molar-refractivity contribution in [1.82, 2.24) is 14.5 Å². The Balaban J connectivity index is 1.83. The first kappa shape index (κ1) is 17.0. The number of nitrogens with one attached hydrogen (secondary N) is 1. The minimum absolute atomic E-state index is 0.446. The van der Waals surface area contributed by atoms with E-state index >= 15 is 0 Å². The van der Waals surface area contributed by atoms with Crippen LogP contribution in [0.1, 0.15) is 12.6 Å². The summed E-state index contributed by atoms with van der Waals surface area (Å²) in [5.74, 6) is 0.641. The van der Waals surface area contributed by atoms with E-state index in [1.54, 1.807) is 19.4 Å². The number of methoxy groups -OCH3 is 1. The van der Waals surface area contributed by atoms with Gasteiger partial charge in [0, 0.05) is 26.5 Å². The number of aliphatic hydroxyl groups excluding tert-OH is 2. The molecule has 4 atom stereocenters. The van der Waals surface area contributed by atoms with Crippen LogP contribution in [0.15, 0.2) is 18.6 Å². The molecule has 3 N–H and O–H groups in total. The quantitative estimate of drug-likeness (QED) is 0.630. The Labute approximate surface area is 138 Å². The van der Waals surface area contributed by atoms with Crippen molar-refractivity contribution in [2.45, 2.75) is 31.0 Å². The van der Waals surface area contributed by atoms with Gasteiger partial charge in [0.25, 0.3) is 0 Å². The van der Waals surface area contributed by atoms with Crippen molar-refractivity contribution in [3.05, 3.63) is 18.6 Å². The van der Waals surface area contributed by atoms with E-state index in [9.17, 15) is 9.50 Å². The summed E-state index contributed by atoms with van der Waals surface area (Å²) in [6, 6.07) is 1.77. The molecule has 3 heterocycles. The Morgan fingerprint density at radius 1 is 1.46 bits per heavy atom. The molecule has 0 unspecified atom stereocenters. The summed E-state index contributed by atoms with van der Waals surface area (Å²) < 4.78 is 26.3. The minimum atomic E-state index is -1.65. The predicted molar refractivity (Wildman–Crippen MR) is 84.4 cm³/mol. The topological polar surface area (TPSA) is 102 Å². The van der Waals surface area contributed by atoms with E-state index in [4.69, 9.17) is 14.6 Å². The molecule has 8 nitrogen and oxygen atoms in total. The molecule has 24 heavy (non-hydrogen) atoms. The SMILES string of the molecule is COCCCNc1ncnc2c1ccn2[C@@H]1O[C@H](CO)[C@@H](O)[C@@H]1F. The molecule has 0 spiro atoms. The molecule has 0 aliphatic carbocycles. The third-order valence-electron chi connectivity index (χ3n) is 4.07. The third kappa shape index (κ3) is 3.07. The molecule has 0 amide bonds. The highest BCUT2D eigenvalue weighted by atomic mass is 19.1. The summed E-state index contributed by atoms with van der Waals surface area (Å²) in [7, 11) is 1.64. The molecule has 2 aromatic heterocycles. The molecule has 0 bridgehead atoms. The van der Waals surface area contributed by atoms with Gasteiger partial charge in [-0.25, -0.2) is 14.4 Å². The lowest BCUT2D eigenvalue weighted by molar-refractivity contribution is -0.0457. The molecule has 0 saturated carbocycles. The monoisotopic (exact) mass is 340 g/mol. The van der Waals surface area contributed by atoms with Crippen LogP contribution in [0.2, 0.25) is 0 Å². The molecule has 1 saturated heterocycles. The number of halogens is 1. The molecular weight excluding hydrogens is 319 g/mol. The molecule has 0 radical (unpaired) electrons. The van der Waals surface area contributed by atoms with E-state index in [1.807, 2.05) is 0 Å². The van der Waals surface area contributed by atoms with Crippen molar-refractivity contribution in [2.75, 3.05) is 32.2 Å². The van der Waals surface area contributed by atoms with Gasteiger partial charge in [-0.2, -0.15) is 0 Å². The fourth-order valence-electron chi connectivity index (χ4n) is 2.82. The summed E-state index contributed by atoms with van der Waals surface area (Å²) in [4.78, 5) is 8.41. The zero-order valence-electron chi connectivity index (χ0n) is 13.3. The second-order valence-corrected chi connectivity index (χ2v) is 5.64. The number of ether oxygens (including phenoxy) is 2. The van der Waals surface area contributed by atoms with E-state index in [0.29, 0.717) is 24.6 Å². The van der Waals surface area contributed by atoms with Crippen molar-refractivity contribution in [3.8, 4) is 0 Å². The molecule has 1 fully saturated rings. The number of rotatable bonds is 7. The van der Waals surface area contributed by atoms with E-state index in [0.717, 1.165) is 11.8 Å². The van der Waals surface area contributed by atoms with Crippen molar-refractivity contribution >= 4 is 16.9 Å². The van der Waals surface area contributed by atoms with Gasteiger partial charge in [0.1, 0.15) is 30.0 Å². The van der Waals surface area contributed by atoms with Crippen LogP contribution in [0, 0.1) is 0 Å². The highest BCUT2D eigenvalue weighted by Gasteiger charge is 2.45. The fourth-order valence-corrected chi connectivity index (χ4v) is 2.82. The largest absolute Gasteiger partial charge is 0.394 e. The zero-order valence-corrected chi connectivity index (χ0v) is 13.3. The zero-order chi connectivity index (χ0) is 17.1. The van der Waals surface area contributed by atoms with Crippen LogP contribution < -0.4 is 5.32 Å². The summed E-state index contributed by atoms with van der Waals surface area (Å²) in [6.07, 6.45) is -1.15. The van der Waals surface area contributed by atoms with Crippen LogP contribution in [-0.2, 0) is 9.47 Å². The fraction of sp³-hybridized carbons (Fsp3) is 0.600. The molecule has 1 aliphatic rings. The van der Waals surface area contributed by atoms with E-state index in [2.05, 4.69) is 15.3 Å². The van der Waals surface area contributed by atoms with Crippen LogP contribution in [0.4, 0.5) is 10.2 Å². The van der Waals surface area contributed by atoms with Gasteiger partial charge in [-0.1, -0.05) is 0 Å². The highest BCUT2D eigenvalue weighted by Crippen LogP contribution is 2.34. The predicted octanol–water partition coefficient (Wildman–Crippen LogP) is 0.468. The summed E-state index contributed by atoms with van der Waals surface area (Å²) >= 11 is 0. The van der Waals surface area contributed by atoms with E-state index < -0.39 is 31.2 Å². The van der Waals surface area contributed by atoms with Crippen molar-refractivity contribution in [2.24, 2.45) is 0 Å². The smallest absolute Gasteiger partial charge is 0.173 e. The number of aliphatic hydroxyl groups is 2. The van der Waals surface area contributed by atoms with Crippen LogP contribution in [0.3, 0.4) is 0 Å². The van der Waals surface area contributed by atoms with E-state index in [-0.39, 0.29) is 0 Å². The standard InChI is InChI=1S/C15H21FN4O4/c1-23-6-2-4-17-13-9-3-5-20(14(9)19-8-18-13)15-11(16)12(22)10(7-21)24-15/h3,5,8,10-12,15,21-22H,2,4,6-7H2,1H3,(H,17,18,19)/t10-,11+,12-,15-/m1/s1. The van der Waals surface area contributed by atoms with Crippen molar-refractivity contribution in [1.29, 1.82) is 0 Å². The van der Waals surface area contributed by atoms with Crippen LogP contribution >= 0.6 is 0 Å². The van der Waals surface area contributed by atoms with Crippen LogP contribution in [0.5, 0.6) is 0 Å². The molecule has 1 aliphatic heterocycles. The molecule has 9 heteroatoms. The molecular formula is C15H21FN4O4. The molecule has 132 valence electrons. The first-order valence-electron chi connectivity index (χ1n) is 7.80. The van der Waals surface area contributed by atoms with Gasteiger partial charge in [-0.3, -0.25) is 0 Å². The van der Waals surface area contributed by atoms with Gasteiger partial charge < -0.3 is 29.6 Å². The van der Waals surface area contributed by atoms with Crippen molar-refractivity contribution in [3.63, 3.8) is 0 Å². The Morgan fingerprint density at radius 3 is 3.00 bits per heavy atom. The Hall–Kier alpha value is -1.81. The molecule has 0 aromatic carbocycles. The number of nitrogens with zero attached hydrogens (tertiary/aromatic N) is 3. The number of alkyl halides is 1. The van der Waals surface area contributed by atoms with Gasteiger partial charge in [0.2, 0.25) is 0 Å². The Bertz CT molecular complexity index is 683. The second-order valence-electron chi connectivity index (χ2n) is 5.64. The van der Waals surface area contributed by atoms with Gasteiger partial charge in [-0.05, 0) is 12.5 Å². The average molecular weight is 340 g/mol. The number of fused-ring (bicyclic) bond motifs is 1. The number of aromatic nitrogens is 3. The lowest BCUT2D eigenvalue weighted by Crippen LogP contribution is -2.30. The van der Waals surface area contributed by atoms with Gasteiger partial charge in [-0.15, -0.1) is 0 Å². The minimum Gasteiger partial charge on any atom is -0.394 e. The van der Waals surface area contributed by atoms with Gasteiger partial charge in [0.15, 0.2) is 12.4 Å². The second kappa shape index (κ2) is 7.39. The average Bonchev–Trinajstić information content (AvgIpc) is 3.14. The number of hydrogen-bond acceptors (Lipinski definition) is 7. The van der Waals surface area contributed by atoms with Crippen LogP contribution in [-0.4, -0.2) is 70.0 Å². The summed E-state index contributed by atoms with van der Waals surface area (Å²) in [5.41, 5.74) is 0.498. The molecule has 3 rings (SSSR count). The molecule has 2 aromatic rings. The highest BCUT2D eigenvalue weighted by molar-refractivity contribution is 5.87. The van der Waals surface area contributed by atoms with Gasteiger partial charge >= 0.3 is 0 Å². The third-order valence-corrected chi connectivity index (χ3v) is 4.07. The Morgan fingerprint density at radius 2 is 2.29 bits per heavy atom. The van der Waals surface area contributed by atoms with E-state index in [1.165, 1.54) is 10.9 Å². The number of hydrogen-bond donors (Lipinski definition) is 3. The van der Waals surface area contributed by atoms with Gasteiger partial charge in [0.05, 0.1) is 12.0 Å². The maximum absolute atomic E-state index is 14.3. The first-order valence-corrected chi connectivity index (χ1v) is 7.80. The number of anilines is 1.